The van der Waals surface area contributed by atoms with Crippen LogP contribution in [0.5, 0.6) is 0 Å². The second-order valence-corrected chi connectivity index (χ2v) is 10.2. The highest BCUT2D eigenvalue weighted by Gasteiger charge is 2.27. The van der Waals surface area contributed by atoms with Crippen LogP contribution in [0, 0.1) is 0 Å². The van der Waals surface area contributed by atoms with Crippen LogP contribution in [-0.4, -0.2) is 105 Å². The van der Waals surface area contributed by atoms with E-state index in [1.807, 2.05) is 17.0 Å². The third kappa shape index (κ3) is 5.20. The van der Waals surface area contributed by atoms with E-state index in [9.17, 15) is 13.2 Å². The number of likely N-dealkylation sites (tertiary alicyclic amines) is 1. The van der Waals surface area contributed by atoms with Gasteiger partial charge in [0, 0.05) is 58.9 Å². The summed E-state index contributed by atoms with van der Waals surface area (Å²) in [6.45, 7) is 8.26. The SMILES string of the molecule is O=C(CN1CCN(Cc2cccc(S(=O)(=O)N3CCOCC3)c2)CC1)N1CCCC1. The number of ether oxygens (including phenoxy) is 1. The molecule has 3 saturated heterocycles. The topological polar surface area (TPSA) is 73.4 Å². The van der Waals surface area contributed by atoms with Crippen molar-refractivity contribution in [3.63, 3.8) is 0 Å². The van der Waals surface area contributed by atoms with Crippen LogP contribution in [0.3, 0.4) is 0 Å². The number of morpholine rings is 1. The molecule has 0 aliphatic carbocycles. The zero-order chi connectivity index (χ0) is 21.0. The third-order valence-corrected chi connectivity index (χ3v) is 8.09. The largest absolute Gasteiger partial charge is 0.379 e. The van der Waals surface area contributed by atoms with Gasteiger partial charge in [0.2, 0.25) is 15.9 Å². The number of sulfonamides is 1. The van der Waals surface area contributed by atoms with E-state index < -0.39 is 10.0 Å². The summed E-state index contributed by atoms with van der Waals surface area (Å²) < 4.78 is 32.6. The average molecular weight is 437 g/mol. The highest BCUT2D eigenvalue weighted by Crippen LogP contribution is 2.19. The van der Waals surface area contributed by atoms with Gasteiger partial charge in [0.25, 0.3) is 0 Å². The molecule has 0 N–H and O–H groups in total. The van der Waals surface area contributed by atoms with Crippen molar-refractivity contribution >= 4 is 15.9 Å². The Labute approximate surface area is 179 Å². The average Bonchev–Trinajstić information content (AvgIpc) is 3.31. The second kappa shape index (κ2) is 9.74. The summed E-state index contributed by atoms with van der Waals surface area (Å²) in [6.07, 6.45) is 2.25. The van der Waals surface area contributed by atoms with Crippen LogP contribution < -0.4 is 0 Å². The van der Waals surface area contributed by atoms with E-state index in [1.165, 1.54) is 4.31 Å². The predicted octanol–water partition coefficient (Wildman–Crippen LogP) is 0.448. The van der Waals surface area contributed by atoms with Crippen molar-refractivity contribution in [3.8, 4) is 0 Å². The molecule has 0 unspecified atom stereocenters. The monoisotopic (exact) mass is 436 g/mol. The summed E-state index contributed by atoms with van der Waals surface area (Å²) >= 11 is 0. The lowest BCUT2D eigenvalue weighted by atomic mass is 10.2. The molecular weight excluding hydrogens is 404 g/mol. The van der Waals surface area contributed by atoms with E-state index in [1.54, 1.807) is 12.1 Å². The van der Waals surface area contributed by atoms with E-state index in [4.69, 9.17) is 4.74 Å². The van der Waals surface area contributed by atoms with Gasteiger partial charge in [0.15, 0.2) is 0 Å². The molecule has 3 aliphatic heterocycles. The zero-order valence-corrected chi connectivity index (χ0v) is 18.4. The van der Waals surface area contributed by atoms with Gasteiger partial charge in [-0.1, -0.05) is 12.1 Å². The normalized spacial score (nSPS) is 22.5. The highest BCUT2D eigenvalue weighted by atomic mass is 32.2. The van der Waals surface area contributed by atoms with Crippen molar-refractivity contribution in [2.24, 2.45) is 0 Å². The van der Waals surface area contributed by atoms with Gasteiger partial charge in [-0.3, -0.25) is 14.6 Å². The molecule has 1 aromatic rings. The highest BCUT2D eigenvalue weighted by molar-refractivity contribution is 7.89. The molecule has 3 aliphatic rings. The Morgan fingerprint density at radius 1 is 0.900 bits per heavy atom. The molecule has 0 bridgehead atoms. The fourth-order valence-electron chi connectivity index (χ4n) is 4.36. The molecular formula is C21H32N4O4S. The van der Waals surface area contributed by atoms with E-state index in [2.05, 4.69) is 9.80 Å². The fourth-order valence-corrected chi connectivity index (χ4v) is 5.84. The molecule has 4 rings (SSSR count). The summed E-state index contributed by atoms with van der Waals surface area (Å²) in [4.78, 5) is 19.3. The van der Waals surface area contributed by atoms with Gasteiger partial charge in [0.05, 0.1) is 24.7 Å². The van der Waals surface area contributed by atoms with Gasteiger partial charge in [-0.2, -0.15) is 4.31 Å². The first kappa shape index (κ1) is 21.7. The first-order valence-electron chi connectivity index (χ1n) is 10.9. The molecule has 1 amide bonds. The zero-order valence-electron chi connectivity index (χ0n) is 17.5. The Morgan fingerprint density at radius 2 is 1.57 bits per heavy atom. The number of piperazine rings is 1. The van der Waals surface area contributed by atoms with Gasteiger partial charge in [-0.25, -0.2) is 8.42 Å². The summed E-state index contributed by atoms with van der Waals surface area (Å²) in [6, 6.07) is 7.29. The Balaban J connectivity index is 1.30. The number of hydrogen-bond donors (Lipinski definition) is 0. The van der Waals surface area contributed by atoms with Crippen LogP contribution in [0.4, 0.5) is 0 Å². The van der Waals surface area contributed by atoms with Crippen LogP contribution in [0.2, 0.25) is 0 Å². The maximum absolute atomic E-state index is 12.9. The lowest BCUT2D eigenvalue weighted by molar-refractivity contribution is -0.131. The first-order valence-corrected chi connectivity index (χ1v) is 12.4. The molecule has 30 heavy (non-hydrogen) atoms. The molecule has 0 atom stereocenters. The van der Waals surface area contributed by atoms with Gasteiger partial charge in [-0.15, -0.1) is 0 Å². The Hall–Kier alpha value is -1.52. The molecule has 1 aromatic carbocycles. The molecule has 9 heteroatoms. The molecule has 0 spiro atoms. The number of carbonyl (C=O) groups is 1. The number of hydrogen-bond acceptors (Lipinski definition) is 6. The van der Waals surface area contributed by atoms with E-state index >= 15 is 0 Å². The van der Waals surface area contributed by atoms with Crippen molar-refractivity contribution in [2.75, 3.05) is 72.1 Å². The van der Waals surface area contributed by atoms with E-state index in [-0.39, 0.29) is 5.91 Å². The number of carbonyl (C=O) groups excluding carboxylic acids is 1. The maximum Gasteiger partial charge on any atom is 0.243 e. The predicted molar refractivity (Wildman–Crippen MR) is 114 cm³/mol. The molecule has 0 radical (unpaired) electrons. The van der Waals surface area contributed by atoms with Crippen molar-refractivity contribution in [1.82, 2.24) is 19.0 Å². The third-order valence-electron chi connectivity index (χ3n) is 6.20. The number of benzene rings is 1. The van der Waals surface area contributed by atoms with Crippen LogP contribution in [0.1, 0.15) is 18.4 Å². The molecule has 0 saturated carbocycles. The second-order valence-electron chi connectivity index (χ2n) is 8.30. The van der Waals surface area contributed by atoms with Crippen LogP contribution in [0.15, 0.2) is 29.2 Å². The minimum Gasteiger partial charge on any atom is -0.379 e. The van der Waals surface area contributed by atoms with E-state index in [0.29, 0.717) is 37.7 Å². The van der Waals surface area contributed by atoms with Crippen LogP contribution in [0.25, 0.3) is 0 Å². The Bertz CT molecular complexity index is 827. The first-order chi connectivity index (χ1) is 14.5. The molecule has 3 heterocycles. The maximum atomic E-state index is 12.9. The Morgan fingerprint density at radius 3 is 2.27 bits per heavy atom. The summed E-state index contributed by atoms with van der Waals surface area (Å²) in [5.74, 6) is 0.252. The van der Waals surface area contributed by atoms with Crippen LogP contribution >= 0.6 is 0 Å². The molecule has 0 aromatic heterocycles. The van der Waals surface area contributed by atoms with Gasteiger partial charge in [-0.05, 0) is 30.5 Å². The summed E-state index contributed by atoms with van der Waals surface area (Å²) in [5.41, 5.74) is 1.01. The van der Waals surface area contributed by atoms with Crippen molar-refractivity contribution < 1.29 is 17.9 Å². The minimum atomic E-state index is -3.47. The quantitative estimate of drug-likeness (QED) is 0.645. The molecule has 8 nitrogen and oxygen atoms in total. The van der Waals surface area contributed by atoms with Crippen LogP contribution in [-0.2, 0) is 26.1 Å². The number of rotatable bonds is 6. The Kier molecular flexibility index (Phi) is 7.05. The number of nitrogens with zero attached hydrogens (tertiary/aromatic N) is 4. The fraction of sp³-hybridized carbons (Fsp3) is 0.667. The van der Waals surface area contributed by atoms with Gasteiger partial charge < -0.3 is 9.64 Å². The van der Waals surface area contributed by atoms with Crippen molar-refractivity contribution in [2.45, 2.75) is 24.3 Å². The van der Waals surface area contributed by atoms with Crippen molar-refractivity contribution in [3.05, 3.63) is 29.8 Å². The number of amides is 1. The minimum absolute atomic E-state index is 0.252. The lowest BCUT2D eigenvalue weighted by Crippen LogP contribution is -2.49. The van der Waals surface area contributed by atoms with Crippen molar-refractivity contribution in [1.29, 1.82) is 0 Å². The summed E-state index contributed by atoms with van der Waals surface area (Å²) in [7, 11) is -3.47. The molecule has 166 valence electrons. The standard InChI is InChI=1S/C21H32N4O4S/c26-21(24-6-1-2-7-24)18-23-10-8-22(9-11-23)17-19-4-3-5-20(16-19)30(27,28)25-12-14-29-15-13-25/h3-5,16H,1-2,6-15,17-18H2. The van der Waals surface area contributed by atoms with E-state index in [0.717, 1.165) is 64.2 Å². The smallest absolute Gasteiger partial charge is 0.243 e. The lowest BCUT2D eigenvalue weighted by Gasteiger charge is -2.35. The van der Waals surface area contributed by atoms with Gasteiger partial charge >= 0.3 is 0 Å². The summed E-state index contributed by atoms with van der Waals surface area (Å²) in [5, 5.41) is 0. The molecule has 3 fully saturated rings. The van der Waals surface area contributed by atoms with Gasteiger partial charge in [0.1, 0.15) is 0 Å².